The molecule has 0 amide bonds. The van der Waals surface area contributed by atoms with E-state index < -0.39 is 0 Å². The fourth-order valence-corrected chi connectivity index (χ4v) is 1.15. The molecule has 0 radical (unpaired) electrons. The molecule has 1 rings (SSSR count). The second-order valence-electron chi connectivity index (χ2n) is 3.57. The van der Waals surface area contributed by atoms with Gasteiger partial charge < -0.3 is 9.47 Å². The molecule has 1 aromatic rings. The molecule has 16 heavy (non-hydrogen) atoms. The van der Waals surface area contributed by atoms with Crippen LogP contribution in [0, 0.1) is 11.3 Å². The lowest BCUT2D eigenvalue weighted by molar-refractivity contribution is 0.0427. The number of hydrogen-bond acceptors (Lipinski definition) is 3. The Kier molecular flexibility index (Phi) is 5.38. The van der Waals surface area contributed by atoms with Gasteiger partial charge in [-0.1, -0.05) is 6.92 Å². The largest absolute Gasteiger partial charge is 0.491 e. The average Bonchev–Trinajstić information content (AvgIpc) is 2.35. The third-order valence-electron chi connectivity index (χ3n) is 2.31. The van der Waals surface area contributed by atoms with Gasteiger partial charge in [0.2, 0.25) is 0 Å². The number of rotatable bonds is 6. The Morgan fingerprint density at radius 2 is 1.94 bits per heavy atom. The van der Waals surface area contributed by atoms with Gasteiger partial charge in [0.1, 0.15) is 12.4 Å². The number of hydrogen-bond donors (Lipinski definition) is 0. The molecule has 0 N–H and O–H groups in total. The predicted octanol–water partition coefficient (Wildman–Crippen LogP) is 2.75. The molecule has 0 bridgehead atoms. The minimum absolute atomic E-state index is 0.282. The van der Waals surface area contributed by atoms with Crippen LogP contribution in [0.2, 0.25) is 0 Å². The van der Waals surface area contributed by atoms with Crippen LogP contribution in [0.25, 0.3) is 0 Å². The van der Waals surface area contributed by atoms with Crippen LogP contribution in [0.3, 0.4) is 0 Å². The SMILES string of the molecule is CCC(C)OCCOc1ccc(C#N)cc1. The monoisotopic (exact) mass is 219 g/mol. The molecule has 1 atom stereocenters. The molecule has 0 spiro atoms. The molecular weight excluding hydrogens is 202 g/mol. The molecule has 86 valence electrons. The van der Waals surface area contributed by atoms with Gasteiger partial charge in [0.05, 0.1) is 24.3 Å². The van der Waals surface area contributed by atoms with E-state index in [0.29, 0.717) is 18.8 Å². The first kappa shape index (κ1) is 12.5. The van der Waals surface area contributed by atoms with Crippen LogP contribution in [-0.4, -0.2) is 19.3 Å². The minimum atomic E-state index is 0.282. The van der Waals surface area contributed by atoms with Gasteiger partial charge in [-0.25, -0.2) is 0 Å². The second-order valence-corrected chi connectivity index (χ2v) is 3.57. The molecule has 0 aliphatic heterocycles. The Hall–Kier alpha value is -1.53. The Balaban J connectivity index is 2.25. The van der Waals surface area contributed by atoms with E-state index in [1.807, 2.05) is 6.92 Å². The van der Waals surface area contributed by atoms with E-state index in [2.05, 4.69) is 13.0 Å². The maximum Gasteiger partial charge on any atom is 0.119 e. The van der Waals surface area contributed by atoms with Crippen molar-refractivity contribution in [3.8, 4) is 11.8 Å². The van der Waals surface area contributed by atoms with Gasteiger partial charge in [0.25, 0.3) is 0 Å². The molecule has 0 aliphatic carbocycles. The van der Waals surface area contributed by atoms with Crippen molar-refractivity contribution < 1.29 is 9.47 Å². The maximum absolute atomic E-state index is 8.62. The van der Waals surface area contributed by atoms with Crippen LogP contribution in [0.1, 0.15) is 25.8 Å². The lowest BCUT2D eigenvalue weighted by atomic mass is 10.2. The van der Waals surface area contributed by atoms with Crippen LogP contribution in [-0.2, 0) is 4.74 Å². The summed E-state index contributed by atoms with van der Waals surface area (Å²) in [6.45, 7) is 5.26. The van der Waals surface area contributed by atoms with E-state index in [1.54, 1.807) is 24.3 Å². The Bertz CT molecular complexity index is 340. The standard InChI is InChI=1S/C13H17NO2/c1-3-11(2)15-8-9-16-13-6-4-12(10-14)5-7-13/h4-7,11H,3,8-9H2,1-2H3. The Labute approximate surface area is 96.6 Å². The quantitative estimate of drug-likeness (QED) is 0.691. The van der Waals surface area contributed by atoms with E-state index in [9.17, 15) is 0 Å². The van der Waals surface area contributed by atoms with E-state index in [1.165, 1.54) is 0 Å². The number of ether oxygens (including phenoxy) is 2. The van der Waals surface area contributed by atoms with Crippen molar-refractivity contribution in [1.82, 2.24) is 0 Å². The van der Waals surface area contributed by atoms with Crippen LogP contribution in [0.4, 0.5) is 0 Å². The smallest absolute Gasteiger partial charge is 0.119 e. The summed E-state index contributed by atoms with van der Waals surface area (Å²) < 4.78 is 10.9. The third kappa shape index (κ3) is 4.33. The summed E-state index contributed by atoms with van der Waals surface area (Å²) in [5.41, 5.74) is 0.642. The van der Waals surface area contributed by atoms with Crippen molar-refractivity contribution in [2.75, 3.05) is 13.2 Å². The molecule has 0 saturated heterocycles. The fraction of sp³-hybridized carbons (Fsp3) is 0.462. The van der Waals surface area contributed by atoms with Crippen LogP contribution in [0.5, 0.6) is 5.75 Å². The number of nitrogens with zero attached hydrogens (tertiary/aromatic N) is 1. The van der Waals surface area contributed by atoms with E-state index in [0.717, 1.165) is 12.2 Å². The average molecular weight is 219 g/mol. The zero-order valence-corrected chi connectivity index (χ0v) is 9.77. The first-order valence-corrected chi connectivity index (χ1v) is 5.50. The molecule has 3 heteroatoms. The van der Waals surface area contributed by atoms with Gasteiger partial charge >= 0.3 is 0 Å². The highest BCUT2D eigenvalue weighted by Gasteiger charge is 1.98. The number of nitriles is 1. The van der Waals surface area contributed by atoms with Crippen molar-refractivity contribution in [1.29, 1.82) is 5.26 Å². The summed E-state index contributed by atoms with van der Waals surface area (Å²) in [6.07, 6.45) is 1.29. The van der Waals surface area contributed by atoms with Gasteiger partial charge in [-0.3, -0.25) is 0 Å². The topological polar surface area (TPSA) is 42.2 Å². The molecule has 1 aromatic carbocycles. The van der Waals surface area contributed by atoms with Gasteiger partial charge in [-0.2, -0.15) is 5.26 Å². The highest BCUT2D eigenvalue weighted by atomic mass is 16.5. The van der Waals surface area contributed by atoms with Crippen molar-refractivity contribution in [3.05, 3.63) is 29.8 Å². The molecule has 0 fully saturated rings. The summed E-state index contributed by atoms with van der Waals surface area (Å²) in [5.74, 6) is 0.770. The first-order valence-electron chi connectivity index (χ1n) is 5.50. The molecule has 0 aliphatic rings. The van der Waals surface area contributed by atoms with Crippen LogP contribution < -0.4 is 4.74 Å². The minimum Gasteiger partial charge on any atom is -0.491 e. The van der Waals surface area contributed by atoms with Crippen LogP contribution in [0.15, 0.2) is 24.3 Å². The van der Waals surface area contributed by atoms with E-state index >= 15 is 0 Å². The summed E-state index contributed by atoms with van der Waals surface area (Å²) in [7, 11) is 0. The second kappa shape index (κ2) is 6.86. The van der Waals surface area contributed by atoms with Gasteiger partial charge in [0, 0.05) is 0 Å². The van der Waals surface area contributed by atoms with Crippen molar-refractivity contribution in [3.63, 3.8) is 0 Å². The first-order chi connectivity index (χ1) is 7.76. The molecular formula is C13H17NO2. The Morgan fingerprint density at radius 3 is 2.50 bits per heavy atom. The van der Waals surface area contributed by atoms with Crippen molar-refractivity contribution in [2.24, 2.45) is 0 Å². The molecule has 1 unspecified atom stereocenters. The summed E-state index contributed by atoms with van der Waals surface area (Å²) in [5, 5.41) is 8.62. The molecule has 0 heterocycles. The lowest BCUT2D eigenvalue weighted by Crippen LogP contribution is -2.13. The van der Waals surface area contributed by atoms with Gasteiger partial charge in [-0.15, -0.1) is 0 Å². The summed E-state index contributed by atoms with van der Waals surface area (Å²) in [4.78, 5) is 0. The highest BCUT2D eigenvalue weighted by Crippen LogP contribution is 2.11. The van der Waals surface area contributed by atoms with Gasteiger partial charge in [-0.05, 0) is 37.6 Å². The molecule has 3 nitrogen and oxygen atoms in total. The zero-order chi connectivity index (χ0) is 11.8. The third-order valence-corrected chi connectivity index (χ3v) is 2.31. The lowest BCUT2D eigenvalue weighted by Gasteiger charge is -2.11. The van der Waals surface area contributed by atoms with E-state index in [-0.39, 0.29) is 6.10 Å². The molecule has 0 saturated carbocycles. The molecule has 0 aromatic heterocycles. The van der Waals surface area contributed by atoms with Crippen molar-refractivity contribution in [2.45, 2.75) is 26.4 Å². The fourth-order valence-electron chi connectivity index (χ4n) is 1.15. The maximum atomic E-state index is 8.62. The van der Waals surface area contributed by atoms with Crippen molar-refractivity contribution >= 4 is 0 Å². The summed E-state index contributed by atoms with van der Waals surface area (Å²) in [6, 6.07) is 9.13. The Morgan fingerprint density at radius 1 is 1.25 bits per heavy atom. The number of benzene rings is 1. The van der Waals surface area contributed by atoms with Gasteiger partial charge in [0.15, 0.2) is 0 Å². The predicted molar refractivity (Wildman–Crippen MR) is 62.4 cm³/mol. The summed E-state index contributed by atoms with van der Waals surface area (Å²) >= 11 is 0. The zero-order valence-electron chi connectivity index (χ0n) is 9.77. The normalized spacial score (nSPS) is 11.8. The highest BCUT2D eigenvalue weighted by molar-refractivity contribution is 5.34. The van der Waals surface area contributed by atoms with E-state index in [4.69, 9.17) is 14.7 Å². The van der Waals surface area contributed by atoms with Crippen LogP contribution >= 0.6 is 0 Å².